The molecule has 1 aromatic carbocycles. The number of carbonyl (C=O) groups excluding carboxylic acids is 1. The molecule has 94 valence electrons. The van der Waals surface area contributed by atoms with Gasteiger partial charge in [0.1, 0.15) is 0 Å². The first-order valence-corrected chi connectivity index (χ1v) is 5.91. The summed E-state index contributed by atoms with van der Waals surface area (Å²) in [5.74, 6) is -0.0187. The molecular weight excluding hydrogens is 214 g/mol. The lowest BCUT2D eigenvalue weighted by Crippen LogP contribution is -2.35. The van der Waals surface area contributed by atoms with Crippen molar-refractivity contribution in [2.75, 3.05) is 18.5 Å². The fourth-order valence-electron chi connectivity index (χ4n) is 1.36. The van der Waals surface area contributed by atoms with E-state index in [4.69, 9.17) is 4.74 Å². The molecule has 0 aliphatic heterocycles. The van der Waals surface area contributed by atoms with Crippen LogP contribution in [0.1, 0.15) is 26.3 Å². The highest BCUT2D eigenvalue weighted by molar-refractivity contribution is 5.94. The van der Waals surface area contributed by atoms with Crippen LogP contribution < -0.4 is 5.32 Å². The van der Waals surface area contributed by atoms with Gasteiger partial charge in [0.25, 0.3) is 0 Å². The molecule has 0 radical (unpaired) electrons. The minimum Gasteiger partial charge on any atom is -0.381 e. The van der Waals surface area contributed by atoms with Crippen LogP contribution in [0.4, 0.5) is 5.69 Å². The molecule has 0 aliphatic rings. The number of amides is 1. The number of aryl methyl sites for hydroxylation is 1. The van der Waals surface area contributed by atoms with Crippen LogP contribution in [0.15, 0.2) is 24.3 Å². The van der Waals surface area contributed by atoms with Crippen molar-refractivity contribution in [3.63, 3.8) is 0 Å². The topological polar surface area (TPSA) is 38.3 Å². The largest absolute Gasteiger partial charge is 0.381 e. The Kier molecular flexibility index (Phi) is 4.70. The Balaban J connectivity index is 2.62. The zero-order chi connectivity index (χ0) is 12.9. The number of anilines is 1. The van der Waals surface area contributed by atoms with Crippen LogP contribution in [-0.4, -0.2) is 19.1 Å². The Morgan fingerprint density at radius 3 is 2.41 bits per heavy atom. The second-order valence-corrected chi connectivity index (χ2v) is 4.84. The predicted molar refractivity (Wildman–Crippen MR) is 70.1 cm³/mol. The van der Waals surface area contributed by atoms with Crippen LogP contribution in [0.3, 0.4) is 0 Å². The quantitative estimate of drug-likeness (QED) is 0.852. The Bertz CT molecular complexity index is 368. The second kappa shape index (κ2) is 5.82. The van der Waals surface area contributed by atoms with Crippen molar-refractivity contribution < 1.29 is 9.53 Å². The summed E-state index contributed by atoms with van der Waals surface area (Å²) in [5, 5.41) is 2.90. The molecule has 0 fully saturated rings. The van der Waals surface area contributed by atoms with E-state index in [1.54, 1.807) is 0 Å². The minimum absolute atomic E-state index is 0.0187. The van der Waals surface area contributed by atoms with Gasteiger partial charge in [0, 0.05) is 12.3 Å². The Hall–Kier alpha value is -1.35. The number of carbonyl (C=O) groups is 1. The normalized spacial score (nSPS) is 11.3. The molecule has 3 nitrogen and oxygen atoms in total. The number of hydrogen-bond donors (Lipinski definition) is 1. The van der Waals surface area contributed by atoms with E-state index in [1.807, 2.05) is 52.0 Å². The van der Waals surface area contributed by atoms with Crippen LogP contribution in [0.2, 0.25) is 0 Å². The summed E-state index contributed by atoms with van der Waals surface area (Å²) in [5.41, 5.74) is 1.49. The number of hydrogen-bond acceptors (Lipinski definition) is 2. The highest BCUT2D eigenvalue weighted by Gasteiger charge is 2.27. The van der Waals surface area contributed by atoms with Gasteiger partial charge in [-0.2, -0.15) is 0 Å². The summed E-state index contributed by atoms with van der Waals surface area (Å²) < 4.78 is 5.32. The minimum atomic E-state index is -0.513. The van der Waals surface area contributed by atoms with E-state index in [9.17, 15) is 4.79 Å². The molecule has 0 saturated heterocycles. The molecule has 3 heteroatoms. The number of ether oxygens (including phenoxy) is 1. The molecule has 0 aromatic heterocycles. The lowest BCUT2D eigenvalue weighted by Gasteiger charge is -2.23. The van der Waals surface area contributed by atoms with E-state index in [1.165, 1.54) is 5.56 Å². The van der Waals surface area contributed by atoms with Gasteiger partial charge in [-0.15, -0.1) is 0 Å². The van der Waals surface area contributed by atoms with Crippen LogP contribution >= 0.6 is 0 Å². The lowest BCUT2D eigenvalue weighted by atomic mass is 9.93. The molecule has 0 aliphatic carbocycles. The molecular formula is C14H21NO2. The van der Waals surface area contributed by atoms with Crippen molar-refractivity contribution in [1.29, 1.82) is 0 Å². The first kappa shape index (κ1) is 13.7. The van der Waals surface area contributed by atoms with Gasteiger partial charge in [-0.3, -0.25) is 4.79 Å². The van der Waals surface area contributed by atoms with Crippen LogP contribution in [0.5, 0.6) is 0 Å². The molecule has 1 rings (SSSR count). The zero-order valence-corrected chi connectivity index (χ0v) is 11.0. The molecule has 0 bridgehead atoms. The molecule has 1 amide bonds. The van der Waals surface area contributed by atoms with Gasteiger partial charge in [0.2, 0.25) is 5.91 Å². The summed E-state index contributed by atoms with van der Waals surface area (Å²) in [4.78, 5) is 12.0. The van der Waals surface area contributed by atoms with Gasteiger partial charge in [0.15, 0.2) is 0 Å². The standard InChI is InChI=1S/C14H21NO2/c1-5-17-10-14(3,4)13(16)15-12-8-6-11(2)7-9-12/h6-9H,5,10H2,1-4H3,(H,15,16). The summed E-state index contributed by atoms with van der Waals surface area (Å²) in [6.45, 7) is 8.76. The van der Waals surface area contributed by atoms with Crippen LogP contribution in [0, 0.1) is 12.3 Å². The van der Waals surface area contributed by atoms with Gasteiger partial charge in [-0.1, -0.05) is 17.7 Å². The first-order chi connectivity index (χ1) is 7.95. The average Bonchev–Trinajstić information content (AvgIpc) is 2.29. The van der Waals surface area contributed by atoms with Crippen molar-refractivity contribution in [3.05, 3.63) is 29.8 Å². The molecule has 0 spiro atoms. The van der Waals surface area contributed by atoms with Gasteiger partial charge in [0.05, 0.1) is 12.0 Å². The molecule has 1 aromatic rings. The summed E-state index contributed by atoms with van der Waals surface area (Å²) in [6, 6.07) is 7.77. The third-order valence-electron chi connectivity index (χ3n) is 2.59. The zero-order valence-electron chi connectivity index (χ0n) is 11.0. The monoisotopic (exact) mass is 235 g/mol. The van der Waals surface area contributed by atoms with Crippen molar-refractivity contribution in [1.82, 2.24) is 0 Å². The molecule has 17 heavy (non-hydrogen) atoms. The maximum atomic E-state index is 12.0. The van der Waals surface area contributed by atoms with Crippen molar-refractivity contribution in [3.8, 4) is 0 Å². The van der Waals surface area contributed by atoms with E-state index < -0.39 is 5.41 Å². The van der Waals surface area contributed by atoms with Crippen molar-refractivity contribution >= 4 is 11.6 Å². The molecule has 0 heterocycles. The highest BCUT2D eigenvalue weighted by Crippen LogP contribution is 2.19. The Morgan fingerprint density at radius 2 is 1.88 bits per heavy atom. The van der Waals surface area contributed by atoms with E-state index in [0.29, 0.717) is 13.2 Å². The Morgan fingerprint density at radius 1 is 1.29 bits per heavy atom. The fourth-order valence-corrected chi connectivity index (χ4v) is 1.36. The van der Waals surface area contributed by atoms with E-state index >= 15 is 0 Å². The predicted octanol–water partition coefficient (Wildman–Crippen LogP) is 3.00. The SMILES string of the molecule is CCOCC(C)(C)C(=O)Nc1ccc(C)cc1. The summed E-state index contributed by atoms with van der Waals surface area (Å²) in [7, 11) is 0. The third kappa shape index (κ3) is 4.19. The summed E-state index contributed by atoms with van der Waals surface area (Å²) in [6.07, 6.45) is 0. The third-order valence-corrected chi connectivity index (χ3v) is 2.59. The van der Waals surface area contributed by atoms with Crippen LogP contribution in [-0.2, 0) is 9.53 Å². The number of benzene rings is 1. The summed E-state index contributed by atoms with van der Waals surface area (Å²) >= 11 is 0. The first-order valence-electron chi connectivity index (χ1n) is 5.91. The van der Waals surface area contributed by atoms with E-state index in [-0.39, 0.29) is 5.91 Å². The second-order valence-electron chi connectivity index (χ2n) is 4.84. The van der Waals surface area contributed by atoms with Crippen molar-refractivity contribution in [2.24, 2.45) is 5.41 Å². The number of nitrogens with one attached hydrogen (secondary N) is 1. The molecule has 0 saturated carbocycles. The van der Waals surface area contributed by atoms with E-state index in [0.717, 1.165) is 5.69 Å². The number of rotatable bonds is 5. The smallest absolute Gasteiger partial charge is 0.232 e. The van der Waals surface area contributed by atoms with E-state index in [2.05, 4.69) is 5.32 Å². The molecule has 1 N–H and O–H groups in total. The maximum absolute atomic E-state index is 12.0. The van der Waals surface area contributed by atoms with Gasteiger partial charge in [-0.05, 0) is 39.8 Å². The highest BCUT2D eigenvalue weighted by atomic mass is 16.5. The maximum Gasteiger partial charge on any atom is 0.232 e. The lowest BCUT2D eigenvalue weighted by molar-refractivity contribution is -0.126. The Labute approximate surface area is 103 Å². The van der Waals surface area contributed by atoms with Gasteiger partial charge in [-0.25, -0.2) is 0 Å². The van der Waals surface area contributed by atoms with Gasteiger partial charge < -0.3 is 10.1 Å². The van der Waals surface area contributed by atoms with Crippen molar-refractivity contribution in [2.45, 2.75) is 27.7 Å². The fraction of sp³-hybridized carbons (Fsp3) is 0.500. The average molecular weight is 235 g/mol. The van der Waals surface area contributed by atoms with Crippen LogP contribution in [0.25, 0.3) is 0 Å². The molecule has 0 atom stereocenters. The van der Waals surface area contributed by atoms with Gasteiger partial charge >= 0.3 is 0 Å². The molecule has 0 unspecified atom stereocenters.